The van der Waals surface area contributed by atoms with Gasteiger partial charge in [-0.2, -0.15) is 5.10 Å². The van der Waals surface area contributed by atoms with Crippen LogP contribution in [-0.2, 0) is 6.54 Å². The summed E-state index contributed by atoms with van der Waals surface area (Å²) < 4.78 is 14.1. The summed E-state index contributed by atoms with van der Waals surface area (Å²) >= 11 is 8.54. The van der Waals surface area contributed by atoms with Crippen LogP contribution in [0, 0.1) is 4.77 Å². The molecule has 0 amide bonds. The Bertz CT molecular complexity index is 641. The Morgan fingerprint density at radius 1 is 1.50 bits per heavy atom. The number of aromatic amines is 1. The maximum absolute atomic E-state index is 5.67. The van der Waals surface area contributed by atoms with Gasteiger partial charge in [0.2, 0.25) is 4.77 Å². The first-order valence-electron chi connectivity index (χ1n) is 6.00. The van der Waals surface area contributed by atoms with Gasteiger partial charge in [0, 0.05) is 10.0 Å². The number of nitrogens with zero attached hydrogens (tertiary/aromatic N) is 2. The fourth-order valence-corrected chi connectivity index (χ4v) is 2.39. The number of rotatable bonds is 6. The molecule has 1 aromatic carbocycles. The van der Waals surface area contributed by atoms with Gasteiger partial charge in [0.05, 0.1) is 20.3 Å². The number of H-pyrrole nitrogens is 1. The van der Waals surface area contributed by atoms with Crippen LogP contribution in [0.15, 0.2) is 22.9 Å². The van der Waals surface area contributed by atoms with Crippen molar-refractivity contribution in [3.05, 3.63) is 33.3 Å². The van der Waals surface area contributed by atoms with Crippen molar-refractivity contribution >= 4 is 28.1 Å². The summed E-state index contributed by atoms with van der Waals surface area (Å²) in [6.07, 6.45) is 1.58. The fraction of sp³-hybridized carbons (Fsp3) is 0.333. The molecular weight excluding hydrogens is 344 g/mol. The highest BCUT2D eigenvalue weighted by molar-refractivity contribution is 9.10. The lowest BCUT2D eigenvalue weighted by Crippen LogP contribution is -2.14. The molecule has 0 unspecified atom stereocenters. The second kappa shape index (κ2) is 6.76. The standard InChI is InChI=1S/C12H15BrN4O2S/c1-3-19-11-8(4-9(13)5-10(11)18-2)6-15-17-7-14-16-12(17)20/h4-5,7,15H,3,6H2,1-2H3,(H,16,20). The monoisotopic (exact) mass is 358 g/mol. The van der Waals surface area contributed by atoms with Crippen molar-refractivity contribution in [1.82, 2.24) is 14.9 Å². The highest BCUT2D eigenvalue weighted by atomic mass is 79.9. The number of ether oxygens (including phenoxy) is 2. The molecular formula is C12H15BrN4O2S. The molecule has 1 aromatic heterocycles. The van der Waals surface area contributed by atoms with Crippen molar-refractivity contribution < 1.29 is 9.47 Å². The number of hydrogen-bond acceptors (Lipinski definition) is 5. The van der Waals surface area contributed by atoms with Gasteiger partial charge in [-0.1, -0.05) is 15.9 Å². The molecule has 108 valence electrons. The summed E-state index contributed by atoms with van der Waals surface area (Å²) in [6, 6.07) is 3.85. The predicted molar refractivity (Wildman–Crippen MR) is 82.3 cm³/mol. The van der Waals surface area contributed by atoms with Crippen molar-refractivity contribution in [3.8, 4) is 11.5 Å². The first-order valence-corrected chi connectivity index (χ1v) is 7.21. The highest BCUT2D eigenvalue weighted by Crippen LogP contribution is 2.34. The van der Waals surface area contributed by atoms with Crippen LogP contribution in [0.3, 0.4) is 0 Å². The van der Waals surface area contributed by atoms with Crippen molar-refractivity contribution in [2.75, 3.05) is 19.1 Å². The summed E-state index contributed by atoms with van der Waals surface area (Å²) in [6.45, 7) is 3.03. The van der Waals surface area contributed by atoms with E-state index in [9.17, 15) is 0 Å². The second-order valence-corrected chi connectivity index (χ2v) is 5.20. The zero-order valence-electron chi connectivity index (χ0n) is 11.1. The zero-order valence-corrected chi connectivity index (χ0v) is 13.5. The predicted octanol–water partition coefficient (Wildman–Crippen LogP) is 2.85. The molecule has 20 heavy (non-hydrogen) atoms. The fourth-order valence-electron chi connectivity index (χ4n) is 1.74. The molecule has 0 saturated carbocycles. The summed E-state index contributed by atoms with van der Waals surface area (Å²) in [5.41, 5.74) is 4.11. The normalized spacial score (nSPS) is 10.3. The summed E-state index contributed by atoms with van der Waals surface area (Å²) in [4.78, 5) is 0. The first kappa shape index (κ1) is 14.9. The van der Waals surface area contributed by atoms with E-state index in [0.29, 0.717) is 23.7 Å². The lowest BCUT2D eigenvalue weighted by Gasteiger charge is -2.15. The Morgan fingerprint density at radius 2 is 2.30 bits per heavy atom. The van der Waals surface area contributed by atoms with Gasteiger partial charge in [-0.05, 0) is 31.3 Å². The lowest BCUT2D eigenvalue weighted by molar-refractivity contribution is 0.307. The molecule has 0 atom stereocenters. The Kier molecular flexibility index (Phi) is 5.02. The third kappa shape index (κ3) is 3.31. The van der Waals surface area contributed by atoms with Gasteiger partial charge in [0.25, 0.3) is 0 Å². The molecule has 8 heteroatoms. The Labute approximate surface area is 130 Å². The van der Waals surface area contributed by atoms with Crippen LogP contribution in [0.25, 0.3) is 0 Å². The third-order valence-corrected chi connectivity index (χ3v) is 3.34. The number of hydrogen-bond donors (Lipinski definition) is 2. The van der Waals surface area contributed by atoms with E-state index in [0.717, 1.165) is 15.8 Å². The summed E-state index contributed by atoms with van der Waals surface area (Å²) in [7, 11) is 1.62. The lowest BCUT2D eigenvalue weighted by atomic mass is 10.2. The van der Waals surface area contributed by atoms with E-state index in [1.165, 1.54) is 0 Å². The molecule has 0 saturated heterocycles. The molecule has 0 aliphatic heterocycles. The molecule has 0 fully saturated rings. The SMILES string of the molecule is CCOc1c(CNn2cn[nH]c2=S)cc(Br)cc1OC. The van der Waals surface area contributed by atoms with Crippen molar-refractivity contribution in [2.24, 2.45) is 0 Å². The van der Waals surface area contributed by atoms with Crippen LogP contribution in [0.2, 0.25) is 0 Å². The van der Waals surface area contributed by atoms with Crippen LogP contribution in [0.5, 0.6) is 11.5 Å². The van der Waals surface area contributed by atoms with Gasteiger partial charge in [-0.25, -0.2) is 4.68 Å². The molecule has 0 aliphatic rings. The van der Waals surface area contributed by atoms with Crippen LogP contribution in [0.1, 0.15) is 12.5 Å². The van der Waals surface area contributed by atoms with Crippen LogP contribution in [-0.4, -0.2) is 28.6 Å². The van der Waals surface area contributed by atoms with E-state index in [1.807, 2.05) is 19.1 Å². The van der Waals surface area contributed by atoms with Gasteiger partial charge in [0.15, 0.2) is 11.5 Å². The molecule has 0 bridgehead atoms. The van der Waals surface area contributed by atoms with Crippen molar-refractivity contribution in [2.45, 2.75) is 13.5 Å². The number of nitrogens with one attached hydrogen (secondary N) is 2. The topological polar surface area (TPSA) is 64.1 Å². The average Bonchev–Trinajstić information content (AvgIpc) is 2.84. The van der Waals surface area contributed by atoms with Crippen LogP contribution in [0.4, 0.5) is 0 Å². The minimum Gasteiger partial charge on any atom is -0.493 e. The Balaban J connectivity index is 2.27. The van der Waals surface area contributed by atoms with Gasteiger partial charge < -0.3 is 14.9 Å². The zero-order chi connectivity index (χ0) is 14.5. The van der Waals surface area contributed by atoms with E-state index in [4.69, 9.17) is 21.7 Å². The molecule has 0 radical (unpaired) electrons. The first-order chi connectivity index (χ1) is 9.65. The molecule has 6 nitrogen and oxygen atoms in total. The molecule has 2 rings (SSSR count). The van der Waals surface area contributed by atoms with Crippen LogP contribution < -0.4 is 14.9 Å². The highest BCUT2D eigenvalue weighted by Gasteiger charge is 2.12. The average molecular weight is 359 g/mol. The largest absolute Gasteiger partial charge is 0.493 e. The number of halogens is 1. The Hall–Kier alpha value is -1.54. The minimum absolute atomic E-state index is 0.505. The maximum Gasteiger partial charge on any atom is 0.214 e. The molecule has 0 spiro atoms. The minimum atomic E-state index is 0.505. The second-order valence-electron chi connectivity index (χ2n) is 3.90. The third-order valence-electron chi connectivity index (χ3n) is 2.60. The summed E-state index contributed by atoms with van der Waals surface area (Å²) in [5.74, 6) is 1.41. The van der Waals surface area contributed by atoms with Gasteiger partial charge in [-0.15, -0.1) is 0 Å². The van der Waals surface area contributed by atoms with Crippen LogP contribution >= 0.6 is 28.1 Å². The number of aromatic nitrogens is 3. The smallest absolute Gasteiger partial charge is 0.214 e. The quantitative estimate of drug-likeness (QED) is 0.777. The van der Waals surface area contributed by atoms with Gasteiger partial charge in [-0.3, -0.25) is 5.10 Å². The maximum atomic E-state index is 5.67. The van der Waals surface area contributed by atoms with E-state index in [-0.39, 0.29) is 0 Å². The van der Waals surface area contributed by atoms with E-state index >= 15 is 0 Å². The molecule has 0 aliphatic carbocycles. The van der Waals surface area contributed by atoms with Gasteiger partial charge >= 0.3 is 0 Å². The van der Waals surface area contributed by atoms with E-state index in [2.05, 4.69) is 31.6 Å². The summed E-state index contributed by atoms with van der Waals surface area (Å²) in [5, 5.41) is 6.53. The van der Waals surface area contributed by atoms with E-state index < -0.39 is 0 Å². The molecule has 1 heterocycles. The number of benzene rings is 1. The van der Waals surface area contributed by atoms with Gasteiger partial charge in [0.1, 0.15) is 6.33 Å². The van der Waals surface area contributed by atoms with E-state index in [1.54, 1.807) is 18.1 Å². The molecule has 2 N–H and O–H groups in total. The van der Waals surface area contributed by atoms with Crippen molar-refractivity contribution in [3.63, 3.8) is 0 Å². The molecule has 2 aromatic rings. The van der Waals surface area contributed by atoms with Crippen molar-refractivity contribution in [1.29, 1.82) is 0 Å². The number of methoxy groups -OCH3 is 1. The Morgan fingerprint density at radius 3 is 2.90 bits per heavy atom.